The molecule has 6 aromatic carbocycles. The maximum absolute atomic E-state index is 11.6. The Labute approximate surface area is 498 Å². The first kappa shape index (κ1) is 72.5. The van der Waals surface area contributed by atoms with Gasteiger partial charge in [-0.25, -0.2) is 33.0 Å². The number of nitro groups is 2. The van der Waals surface area contributed by atoms with Crippen molar-refractivity contribution in [2.45, 2.75) is 13.8 Å². The molecule has 0 aliphatic carbocycles. The zero-order chi connectivity index (χ0) is 60.3. The molecule has 0 atom stereocenters. The number of esters is 3. The fourth-order valence-electron chi connectivity index (χ4n) is 4.40. The summed E-state index contributed by atoms with van der Waals surface area (Å²) in [5.41, 5.74) is 1.57. The lowest BCUT2D eigenvalue weighted by molar-refractivity contribution is -0.385. The number of non-ortho nitro benzene ring substituents is 2. The Hall–Kier alpha value is -7.55. The zero-order valence-corrected chi connectivity index (χ0v) is 48.8. The number of halogens is 5. The van der Waals surface area contributed by atoms with Crippen LogP contribution in [0, 0.1) is 20.2 Å². The summed E-state index contributed by atoms with van der Waals surface area (Å²) in [6.45, 7) is 2.44. The molecule has 0 heterocycles. The molecule has 0 aromatic heterocycles. The van der Waals surface area contributed by atoms with Crippen LogP contribution in [0.1, 0.15) is 55.3 Å². The quantitative estimate of drug-likeness (QED) is 0.0115. The number of carboxylic acids is 1. The van der Waals surface area contributed by atoms with Gasteiger partial charge in [0, 0.05) is 34.9 Å². The second kappa shape index (κ2) is 43.3. The molecule has 0 fully saturated rings. The highest BCUT2D eigenvalue weighted by Gasteiger charge is 2.12. The molecule has 30 heteroatoms. The number of hydrogen-bond acceptors (Lipinski definition) is 21. The van der Waals surface area contributed by atoms with Crippen molar-refractivity contribution in [1.29, 1.82) is 0 Å². The third kappa shape index (κ3) is 37.3. The number of hydrogen-bond donors (Lipinski definition) is 1. The molecule has 80 heavy (non-hydrogen) atoms. The van der Waals surface area contributed by atoms with Crippen LogP contribution in [0.2, 0.25) is 0 Å². The first-order valence-corrected chi connectivity index (χ1v) is 27.8. The highest BCUT2D eigenvalue weighted by atomic mass is 127. The van der Waals surface area contributed by atoms with Gasteiger partial charge in [-0.2, -0.15) is 8.42 Å². The van der Waals surface area contributed by atoms with Crippen LogP contribution in [0.5, 0.6) is 11.5 Å². The van der Waals surface area contributed by atoms with Crippen molar-refractivity contribution in [2.75, 3.05) is 28.2 Å². The largest absolute Gasteiger partial charge is 0.516 e. The molecule has 0 aliphatic heterocycles. The van der Waals surface area contributed by atoms with Gasteiger partial charge in [0.05, 0.1) is 32.1 Å². The van der Waals surface area contributed by atoms with Crippen LogP contribution < -0.4 is 9.47 Å². The number of Topliss-reactive ketones (excluding diaryl/α,β-unsaturated/α-hetero) is 1. The fourth-order valence-corrected chi connectivity index (χ4v) is 5.77. The predicted octanol–water partition coefficient (Wildman–Crippen LogP) is 12.4. The fraction of sp³-hybridized carbons (Fsp3) is 0.140. The minimum atomic E-state index is -3.83. The molecule has 0 amide bonds. The summed E-state index contributed by atoms with van der Waals surface area (Å²) in [7, 11) is 0.665. The molecule has 0 radical (unpaired) electrons. The third-order valence-electron chi connectivity index (χ3n) is 7.64. The summed E-state index contributed by atoms with van der Waals surface area (Å²) in [5, 5.41) is 29.2. The van der Waals surface area contributed by atoms with Gasteiger partial charge in [-0.3, -0.25) is 20.2 Å². The number of rotatable bonds is 15. The molecule has 0 unspecified atom stereocenters. The molecule has 428 valence electrons. The SMILES string of the molecule is CC(C)=O.O=C(O)c1ccccc1.O=C(OCCl)c1ccccc1.O=C(OCI)Oc1ccc([N+](=O)[O-])cc1.O=C(OCI)c1ccccc1.O=C(OCOC(=O)c1ccccc1)Oc1ccc([N+](=O)[O-])cc1.O=S(=O)(Cl)OCCl. The van der Waals surface area contributed by atoms with Crippen LogP contribution in [0.15, 0.2) is 170 Å². The van der Waals surface area contributed by atoms with Gasteiger partial charge in [0.25, 0.3) is 11.4 Å². The maximum atomic E-state index is 11.6. The lowest BCUT2D eigenvalue weighted by Crippen LogP contribution is -2.15. The number of ketones is 1. The average Bonchev–Trinajstić information content (AvgIpc) is 3.43. The first-order valence-electron chi connectivity index (χ1n) is 21.4. The number of carboxylic acid groups (broad SMARTS) is 1. The Balaban J connectivity index is 0.000000963. The molecular formula is C50H45Cl3I2N2O22S. The summed E-state index contributed by atoms with van der Waals surface area (Å²) < 4.78 is 56.3. The van der Waals surface area contributed by atoms with E-state index in [0.717, 1.165) is 0 Å². The minimum Gasteiger partial charge on any atom is -0.478 e. The average molecular weight is 1420 g/mol. The van der Waals surface area contributed by atoms with E-state index < -0.39 is 56.3 Å². The minimum absolute atomic E-state index is 0.0648. The van der Waals surface area contributed by atoms with Crippen LogP contribution >= 0.6 is 79.1 Å². The van der Waals surface area contributed by atoms with E-state index in [1.165, 1.54) is 62.4 Å². The molecule has 6 aromatic rings. The Bertz CT molecular complexity index is 2880. The van der Waals surface area contributed by atoms with Crippen molar-refractivity contribution in [3.63, 3.8) is 0 Å². The zero-order valence-electron chi connectivity index (χ0n) is 41.4. The predicted molar refractivity (Wildman–Crippen MR) is 306 cm³/mol. The summed E-state index contributed by atoms with van der Waals surface area (Å²) in [5.74, 6) is -1.74. The molecule has 24 nitrogen and oxygen atoms in total. The van der Waals surface area contributed by atoms with Crippen molar-refractivity contribution in [2.24, 2.45) is 0 Å². The molecular weight excluding hydrogens is 1370 g/mol. The smallest absolute Gasteiger partial charge is 0.478 e. The van der Waals surface area contributed by atoms with E-state index >= 15 is 0 Å². The Morgan fingerprint density at radius 1 is 0.487 bits per heavy atom. The molecule has 0 bridgehead atoms. The normalized spacial score (nSPS) is 9.44. The number of carbonyl (C=O) groups is 7. The molecule has 0 saturated carbocycles. The van der Waals surface area contributed by atoms with Gasteiger partial charge in [0.2, 0.25) is 6.79 Å². The summed E-state index contributed by atoms with van der Waals surface area (Å²) >= 11 is 13.8. The number of nitrogens with zero attached hydrogens (tertiary/aromatic N) is 2. The second-order valence-electron chi connectivity index (χ2n) is 13.5. The topological polar surface area (TPSA) is 334 Å². The summed E-state index contributed by atoms with van der Waals surface area (Å²) in [6, 6.07) is 43.6. The van der Waals surface area contributed by atoms with Gasteiger partial charge in [0.1, 0.15) is 32.6 Å². The first-order chi connectivity index (χ1) is 38.0. The maximum Gasteiger partial charge on any atom is 0.516 e. The number of benzene rings is 6. The summed E-state index contributed by atoms with van der Waals surface area (Å²) in [6.07, 6.45) is -1.93. The number of carbonyl (C=O) groups excluding carboxylic acids is 6. The van der Waals surface area contributed by atoms with Crippen LogP contribution in [0.3, 0.4) is 0 Å². The highest BCUT2D eigenvalue weighted by molar-refractivity contribution is 14.1. The van der Waals surface area contributed by atoms with Crippen molar-refractivity contribution < 1.29 is 94.3 Å². The van der Waals surface area contributed by atoms with Crippen molar-refractivity contribution in [1.82, 2.24) is 0 Å². The van der Waals surface area contributed by atoms with Gasteiger partial charge in [-0.1, -0.05) is 96.0 Å². The van der Waals surface area contributed by atoms with E-state index in [0.29, 0.717) is 26.9 Å². The van der Waals surface area contributed by atoms with Crippen LogP contribution in [-0.2, 0) is 42.0 Å². The van der Waals surface area contributed by atoms with Gasteiger partial charge in [-0.15, -0.1) is 0 Å². The number of nitro benzene ring substituents is 2. The molecule has 0 spiro atoms. The number of ether oxygens (including phenoxy) is 7. The monoisotopic (exact) mass is 1420 g/mol. The van der Waals surface area contributed by atoms with Gasteiger partial charge < -0.3 is 43.1 Å². The highest BCUT2D eigenvalue weighted by Crippen LogP contribution is 2.19. The van der Waals surface area contributed by atoms with Crippen LogP contribution in [-0.4, -0.2) is 93.5 Å². The van der Waals surface area contributed by atoms with Gasteiger partial charge in [-0.05, 0) is 132 Å². The van der Waals surface area contributed by atoms with Gasteiger partial charge >= 0.3 is 45.5 Å². The van der Waals surface area contributed by atoms with Crippen molar-refractivity contribution >= 4 is 142 Å². The van der Waals surface area contributed by atoms with Gasteiger partial charge in [0.15, 0.2) is 6.07 Å². The summed E-state index contributed by atoms with van der Waals surface area (Å²) in [4.78, 5) is 95.1. The third-order valence-corrected chi connectivity index (χ3v) is 9.28. The molecule has 1 N–H and O–H groups in total. The van der Waals surface area contributed by atoms with Crippen molar-refractivity contribution in [3.05, 3.63) is 212 Å². The van der Waals surface area contributed by atoms with E-state index in [1.807, 2.05) is 69.4 Å². The second-order valence-corrected chi connectivity index (χ2v) is 17.4. The van der Waals surface area contributed by atoms with E-state index in [1.54, 1.807) is 97.1 Å². The Morgan fingerprint density at radius 2 is 0.800 bits per heavy atom. The van der Waals surface area contributed by atoms with Crippen LogP contribution in [0.25, 0.3) is 0 Å². The van der Waals surface area contributed by atoms with E-state index in [-0.39, 0.29) is 51.3 Å². The van der Waals surface area contributed by atoms with E-state index in [9.17, 15) is 62.2 Å². The van der Waals surface area contributed by atoms with Crippen LogP contribution in [0.4, 0.5) is 21.0 Å². The number of alkyl halides is 4. The van der Waals surface area contributed by atoms with E-state index in [2.05, 4.69) is 29.1 Å². The Morgan fingerprint density at radius 3 is 1.06 bits per heavy atom. The Kier molecular flexibility index (Phi) is 39.3. The van der Waals surface area contributed by atoms with Crippen molar-refractivity contribution in [3.8, 4) is 11.5 Å². The lowest BCUT2D eigenvalue weighted by atomic mass is 10.2. The lowest BCUT2D eigenvalue weighted by Gasteiger charge is -2.06. The molecule has 0 saturated heterocycles. The number of aromatic carboxylic acids is 1. The molecule has 0 aliphatic rings. The standard InChI is InChI=1S/C15H11NO7.C8H7ClO2.C8H6INO5.C8H7IO2.C7H6O2.C3H6O.CH2Cl2O3S/c17-14(11-4-2-1-3-5-11)21-10-22-15(18)23-13-8-6-12(7-9-13)16(19)20;9-6-11-8(10)7-4-2-1-3-5-7;9-5-14-8(11)15-7-3-1-6(2-4-7)10(12)13;9-6-11-8(10)7-4-2-1-3-5-7;8-7(9)6-4-2-1-3-5-6;1-3(2)4;2-1-6-7(3,4)5/h1-9H,10H2;1-5H,6H2;1-4H,5H2;1-5H,6H2;1-5H,(H,8,9);1-2H3;1H2. The van der Waals surface area contributed by atoms with E-state index in [4.69, 9.17) is 47.3 Å². The molecule has 6 rings (SSSR count).